The van der Waals surface area contributed by atoms with Crippen molar-refractivity contribution < 1.29 is 4.79 Å². The van der Waals surface area contributed by atoms with Crippen LogP contribution in [0.2, 0.25) is 5.02 Å². The number of benzene rings is 1. The molecule has 0 aliphatic heterocycles. The van der Waals surface area contributed by atoms with E-state index >= 15 is 0 Å². The minimum Gasteiger partial charge on any atom is -0.287 e. The lowest BCUT2D eigenvalue weighted by Crippen LogP contribution is -2.05. The lowest BCUT2D eigenvalue weighted by molar-refractivity contribution is 0.103. The normalized spacial score (nSPS) is 10.3. The minimum absolute atomic E-state index is 0.215. The number of hydrogen-bond donors (Lipinski definition) is 0. The van der Waals surface area contributed by atoms with Gasteiger partial charge in [-0.3, -0.25) is 4.79 Å². The first kappa shape index (κ1) is 12.7. The number of nitrogens with zero attached hydrogens (tertiary/aromatic N) is 2. The van der Waals surface area contributed by atoms with Crippen LogP contribution in [0, 0.1) is 0 Å². The summed E-state index contributed by atoms with van der Waals surface area (Å²) in [6.07, 6.45) is 1.41. The Morgan fingerprint density at radius 1 is 1.24 bits per heavy atom. The van der Waals surface area contributed by atoms with E-state index in [0.717, 1.165) is 0 Å². The highest BCUT2D eigenvalue weighted by Gasteiger charge is 2.13. The molecule has 0 radical (unpaired) electrons. The van der Waals surface area contributed by atoms with E-state index in [0.29, 0.717) is 19.8 Å². The van der Waals surface area contributed by atoms with Gasteiger partial charge in [-0.15, -0.1) is 0 Å². The highest BCUT2D eigenvalue weighted by atomic mass is 79.9. The Morgan fingerprint density at radius 2 is 2.00 bits per heavy atom. The fourth-order valence-electron chi connectivity index (χ4n) is 1.24. The monoisotopic (exact) mass is 374 g/mol. The number of ketones is 1. The zero-order valence-corrected chi connectivity index (χ0v) is 12.3. The summed E-state index contributed by atoms with van der Waals surface area (Å²) in [5.74, 6) is -0.215. The number of aromatic nitrogens is 2. The van der Waals surface area contributed by atoms with Crippen LogP contribution in [-0.2, 0) is 0 Å². The van der Waals surface area contributed by atoms with Crippen LogP contribution in [0.4, 0.5) is 0 Å². The predicted octanol–water partition coefficient (Wildman–Crippen LogP) is 3.89. The molecule has 0 aliphatic rings. The van der Waals surface area contributed by atoms with Gasteiger partial charge in [-0.05, 0) is 44.0 Å². The van der Waals surface area contributed by atoms with Crippen molar-refractivity contribution in [2.75, 3.05) is 0 Å². The van der Waals surface area contributed by atoms with Gasteiger partial charge in [0.2, 0.25) is 5.78 Å². The second-order valence-corrected chi connectivity index (χ2v) is 5.12. The summed E-state index contributed by atoms with van der Waals surface area (Å²) < 4.78 is 1.05. The summed E-state index contributed by atoms with van der Waals surface area (Å²) in [6.45, 7) is 0. The quantitative estimate of drug-likeness (QED) is 0.747. The maximum Gasteiger partial charge on any atom is 0.213 e. The van der Waals surface area contributed by atoms with Gasteiger partial charge in [-0.2, -0.15) is 0 Å². The first-order valence-electron chi connectivity index (χ1n) is 4.56. The maximum atomic E-state index is 12.1. The third-order valence-corrected chi connectivity index (χ3v) is 3.91. The molecule has 2 aromatic rings. The minimum atomic E-state index is -0.215. The molecular weight excluding hydrogens is 371 g/mol. The van der Waals surface area contributed by atoms with Crippen molar-refractivity contribution in [1.29, 1.82) is 0 Å². The molecule has 0 fully saturated rings. The molecule has 1 aromatic heterocycles. The highest BCUT2D eigenvalue weighted by Crippen LogP contribution is 2.19. The molecule has 0 bridgehead atoms. The largest absolute Gasteiger partial charge is 0.287 e. The summed E-state index contributed by atoms with van der Waals surface area (Å²) in [7, 11) is 0. The molecule has 6 heteroatoms. The van der Waals surface area contributed by atoms with Crippen LogP contribution >= 0.6 is 43.5 Å². The van der Waals surface area contributed by atoms with Crippen LogP contribution in [0.3, 0.4) is 0 Å². The van der Waals surface area contributed by atoms with Crippen LogP contribution in [-0.4, -0.2) is 15.8 Å². The molecule has 0 spiro atoms. The second kappa shape index (κ2) is 5.25. The molecular formula is C11H5Br2ClN2O. The fraction of sp³-hybridized carbons (Fsp3) is 0. The molecule has 0 unspecified atom stereocenters. The van der Waals surface area contributed by atoms with Crippen LogP contribution in [0.5, 0.6) is 0 Å². The van der Waals surface area contributed by atoms with E-state index in [2.05, 4.69) is 41.8 Å². The van der Waals surface area contributed by atoms with Crippen molar-refractivity contribution in [3.05, 3.63) is 55.9 Å². The SMILES string of the molecule is O=C(c1cccc(Cl)c1)c1cnc(Br)c(Br)n1. The third-order valence-electron chi connectivity index (χ3n) is 2.01. The summed E-state index contributed by atoms with van der Waals surface area (Å²) in [6, 6.07) is 6.71. The fourth-order valence-corrected chi connectivity index (χ4v) is 1.91. The lowest BCUT2D eigenvalue weighted by atomic mass is 10.1. The Balaban J connectivity index is 2.40. The van der Waals surface area contributed by atoms with Crippen molar-refractivity contribution in [2.45, 2.75) is 0 Å². The van der Waals surface area contributed by atoms with E-state index in [9.17, 15) is 4.79 Å². The Labute approximate surface area is 119 Å². The number of halogens is 3. The lowest BCUT2D eigenvalue weighted by Gasteiger charge is -2.02. The molecule has 1 heterocycles. The van der Waals surface area contributed by atoms with E-state index in [-0.39, 0.29) is 11.5 Å². The van der Waals surface area contributed by atoms with Gasteiger partial charge in [0, 0.05) is 10.6 Å². The van der Waals surface area contributed by atoms with Crippen LogP contribution in [0.1, 0.15) is 16.1 Å². The molecule has 0 saturated carbocycles. The zero-order valence-electron chi connectivity index (χ0n) is 8.32. The molecule has 0 aliphatic carbocycles. The smallest absolute Gasteiger partial charge is 0.213 e. The molecule has 0 N–H and O–H groups in total. The standard InChI is InChI=1S/C11H5Br2ClN2O/c12-10-11(13)16-8(5-15-10)9(17)6-2-1-3-7(14)4-6/h1-5H. The average molecular weight is 376 g/mol. The third kappa shape index (κ3) is 2.91. The van der Waals surface area contributed by atoms with E-state index in [1.54, 1.807) is 24.3 Å². The zero-order chi connectivity index (χ0) is 12.4. The van der Waals surface area contributed by atoms with Crippen molar-refractivity contribution >= 4 is 49.2 Å². The van der Waals surface area contributed by atoms with Crippen LogP contribution in [0.25, 0.3) is 0 Å². The van der Waals surface area contributed by atoms with Crippen molar-refractivity contribution in [2.24, 2.45) is 0 Å². The predicted molar refractivity (Wildman–Crippen MR) is 72.3 cm³/mol. The van der Waals surface area contributed by atoms with Crippen molar-refractivity contribution in [1.82, 2.24) is 9.97 Å². The molecule has 3 nitrogen and oxygen atoms in total. The summed E-state index contributed by atoms with van der Waals surface area (Å²) in [5, 5.41) is 0.514. The van der Waals surface area contributed by atoms with Crippen LogP contribution in [0.15, 0.2) is 39.7 Å². The number of carbonyl (C=O) groups excluding carboxylic acids is 1. The second-order valence-electron chi connectivity index (χ2n) is 3.18. The molecule has 0 amide bonds. The average Bonchev–Trinajstić information content (AvgIpc) is 2.32. The van der Waals surface area contributed by atoms with E-state index in [4.69, 9.17) is 11.6 Å². The first-order valence-corrected chi connectivity index (χ1v) is 6.52. The highest BCUT2D eigenvalue weighted by molar-refractivity contribution is 9.13. The topological polar surface area (TPSA) is 42.9 Å². The first-order chi connectivity index (χ1) is 8.08. The summed E-state index contributed by atoms with van der Waals surface area (Å²) in [5.41, 5.74) is 0.753. The van der Waals surface area contributed by atoms with Gasteiger partial charge >= 0.3 is 0 Å². The van der Waals surface area contributed by atoms with Gasteiger partial charge in [0.15, 0.2) is 0 Å². The molecule has 17 heavy (non-hydrogen) atoms. The molecule has 1 aromatic carbocycles. The molecule has 2 rings (SSSR count). The van der Waals surface area contributed by atoms with E-state index in [1.165, 1.54) is 6.20 Å². The van der Waals surface area contributed by atoms with Crippen molar-refractivity contribution in [3.63, 3.8) is 0 Å². The van der Waals surface area contributed by atoms with Gasteiger partial charge in [-0.25, -0.2) is 9.97 Å². The van der Waals surface area contributed by atoms with Gasteiger partial charge in [0.05, 0.1) is 6.20 Å². The molecule has 0 saturated heterocycles. The number of rotatable bonds is 2. The Bertz CT molecular complexity index is 589. The Hall–Kier alpha value is -0.780. The van der Waals surface area contributed by atoms with E-state index < -0.39 is 0 Å². The van der Waals surface area contributed by atoms with Gasteiger partial charge in [0.1, 0.15) is 14.9 Å². The Kier molecular flexibility index (Phi) is 3.91. The van der Waals surface area contributed by atoms with E-state index in [1.807, 2.05) is 0 Å². The van der Waals surface area contributed by atoms with Gasteiger partial charge in [-0.1, -0.05) is 23.7 Å². The van der Waals surface area contributed by atoms with Crippen LogP contribution < -0.4 is 0 Å². The summed E-state index contributed by atoms with van der Waals surface area (Å²) in [4.78, 5) is 20.2. The Morgan fingerprint density at radius 3 is 2.65 bits per heavy atom. The number of carbonyl (C=O) groups is 1. The van der Waals surface area contributed by atoms with Gasteiger partial charge < -0.3 is 0 Å². The van der Waals surface area contributed by atoms with Gasteiger partial charge in [0.25, 0.3) is 0 Å². The maximum absolute atomic E-state index is 12.1. The summed E-state index contributed by atoms with van der Waals surface area (Å²) >= 11 is 12.2. The molecule has 0 atom stereocenters. The number of hydrogen-bond acceptors (Lipinski definition) is 3. The molecule has 86 valence electrons. The van der Waals surface area contributed by atoms with Crippen molar-refractivity contribution in [3.8, 4) is 0 Å².